The highest BCUT2D eigenvalue weighted by molar-refractivity contribution is 9.10. The predicted octanol–water partition coefficient (Wildman–Crippen LogP) is 4.95. The lowest BCUT2D eigenvalue weighted by atomic mass is 9.86. The molecule has 3 N–H and O–H groups in total. The average Bonchev–Trinajstić information content (AvgIpc) is 2.41. The molecule has 0 aliphatic carbocycles. The van der Waals surface area contributed by atoms with Crippen LogP contribution in [0, 0.1) is 0 Å². The summed E-state index contributed by atoms with van der Waals surface area (Å²) in [4.78, 5) is 0. The topological polar surface area (TPSA) is 38.0 Å². The quantitative estimate of drug-likeness (QED) is 0.595. The van der Waals surface area contributed by atoms with Gasteiger partial charge in [0.05, 0.1) is 6.04 Å². The minimum absolute atomic E-state index is 0.125. The normalized spacial score (nSPS) is 13.2. The van der Waals surface area contributed by atoms with Gasteiger partial charge >= 0.3 is 0 Å². The smallest absolute Gasteiger partial charge is 0.0724 e. The van der Waals surface area contributed by atoms with E-state index in [4.69, 9.17) is 17.4 Å². The first-order valence-corrected chi connectivity index (χ1v) is 8.01. The van der Waals surface area contributed by atoms with Crippen molar-refractivity contribution in [3.8, 4) is 0 Å². The maximum Gasteiger partial charge on any atom is 0.0724 e. The molecule has 0 heterocycles. The molecule has 1 atom stereocenters. The Morgan fingerprint density at radius 1 is 1.10 bits per heavy atom. The molecule has 1 unspecified atom stereocenters. The van der Waals surface area contributed by atoms with Crippen molar-refractivity contribution in [2.24, 2.45) is 5.84 Å². The predicted molar refractivity (Wildman–Crippen MR) is 93.5 cm³/mol. The van der Waals surface area contributed by atoms with E-state index in [9.17, 15) is 0 Å². The fraction of sp³-hybridized carbons (Fsp3) is 0.294. The molecular formula is C17H20BrClN2. The maximum atomic E-state index is 6.33. The number of benzene rings is 2. The van der Waals surface area contributed by atoms with Crippen LogP contribution in [-0.2, 0) is 5.41 Å². The second-order valence-corrected chi connectivity index (χ2v) is 7.46. The van der Waals surface area contributed by atoms with E-state index in [1.807, 2.05) is 18.2 Å². The summed E-state index contributed by atoms with van der Waals surface area (Å²) < 4.78 is 0.954. The SMILES string of the molecule is CC(C)(C)c1ccc(C(NN)c2ccc(Br)cc2Cl)cc1. The zero-order valence-electron chi connectivity index (χ0n) is 12.5. The van der Waals surface area contributed by atoms with E-state index in [0.29, 0.717) is 5.02 Å². The minimum Gasteiger partial charge on any atom is -0.271 e. The van der Waals surface area contributed by atoms with E-state index in [1.165, 1.54) is 5.56 Å². The maximum absolute atomic E-state index is 6.33. The molecular weight excluding hydrogens is 348 g/mol. The molecule has 0 spiro atoms. The van der Waals surface area contributed by atoms with Gasteiger partial charge in [0, 0.05) is 9.50 Å². The number of rotatable bonds is 3. The summed E-state index contributed by atoms with van der Waals surface area (Å²) in [7, 11) is 0. The van der Waals surface area contributed by atoms with Crippen LogP contribution in [0.4, 0.5) is 0 Å². The van der Waals surface area contributed by atoms with Gasteiger partial charge in [0.25, 0.3) is 0 Å². The highest BCUT2D eigenvalue weighted by atomic mass is 79.9. The Hall–Kier alpha value is -0.870. The summed E-state index contributed by atoms with van der Waals surface area (Å²) in [6, 6.07) is 14.2. The van der Waals surface area contributed by atoms with Gasteiger partial charge in [0.2, 0.25) is 0 Å². The van der Waals surface area contributed by atoms with Crippen LogP contribution in [-0.4, -0.2) is 0 Å². The number of hydrogen-bond acceptors (Lipinski definition) is 2. The zero-order valence-corrected chi connectivity index (χ0v) is 14.8. The van der Waals surface area contributed by atoms with Crippen LogP contribution in [0.5, 0.6) is 0 Å². The van der Waals surface area contributed by atoms with Crippen LogP contribution in [0.15, 0.2) is 46.9 Å². The fourth-order valence-electron chi connectivity index (χ4n) is 2.28. The Labute approximate surface area is 139 Å². The van der Waals surface area contributed by atoms with E-state index in [0.717, 1.165) is 15.6 Å². The Morgan fingerprint density at radius 2 is 1.71 bits per heavy atom. The van der Waals surface area contributed by atoms with E-state index < -0.39 is 0 Å². The van der Waals surface area contributed by atoms with Gasteiger partial charge in [-0.2, -0.15) is 0 Å². The Balaban J connectivity index is 2.37. The van der Waals surface area contributed by atoms with Crippen molar-refractivity contribution < 1.29 is 0 Å². The number of nitrogens with two attached hydrogens (primary N) is 1. The molecule has 112 valence electrons. The Morgan fingerprint density at radius 3 is 2.19 bits per heavy atom. The third-order valence-corrected chi connectivity index (χ3v) is 4.37. The summed E-state index contributed by atoms with van der Waals surface area (Å²) in [6.45, 7) is 6.60. The van der Waals surface area contributed by atoms with Crippen LogP contribution in [0.2, 0.25) is 5.02 Å². The highest BCUT2D eigenvalue weighted by Crippen LogP contribution is 2.31. The van der Waals surface area contributed by atoms with Gasteiger partial charge in [-0.15, -0.1) is 0 Å². The van der Waals surface area contributed by atoms with E-state index in [2.05, 4.69) is 66.4 Å². The van der Waals surface area contributed by atoms with Crippen molar-refractivity contribution in [3.05, 3.63) is 68.7 Å². The summed E-state index contributed by atoms with van der Waals surface area (Å²) in [5.74, 6) is 5.75. The first-order valence-electron chi connectivity index (χ1n) is 6.84. The molecule has 0 aliphatic heterocycles. The lowest BCUT2D eigenvalue weighted by Crippen LogP contribution is -2.29. The van der Waals surface area contributed by atoms with E-state index >= 15 is 0 Å². The highest BCUT2D eigenvalue weighted by Gasteiger charge is 2.18. The molecule has 0 bridgehead atoms. The number of hydrogen-bond donors (Lipinski definition) is 2. The van der Waals surface area contributed by atoms with Crippen LogP contribution in [0.25, 0.3) is 0 Å². The van der Waals surface area contributed by atoms with Gasteiger partial charge < -0.3 is 0 Å². The molecule has 2 aromatic carbocycles. The van der Waals surface area contributed by atoms with E-state index in [1.54, 1.807) is 0 Å². The molecule has 2 aromatic rings. The van der Waals surface area contributed by atoms with Gasteiger partial charge in [0.1, 0.15) is 0 Å². The van der Waals surface area contributed by atoms with Crippen molar-refractivity contribution in [2.75, 3.05) is 0 Å². The Bertz CT molecular complexity index is 618. The van der Waals surface area contributed by atoms with Crippen molar-refractivity contribution >= 4 is 27.5 Å². The summed E-state index contributed by atoms with van der Waals surface area (Å²) in [6.07, 6.45) is 0. The van der Waals surface area contributed by atoms with Crippen LogP contribution >= 0.6 is 27.5 Å². The summed E-state index contributed by atoms with van der Waals surface area (Å²) >= 11 is 9.75. The molecule has 0 amide bonds. The lowest BCUT2D eigenvalue weighted by Gasteiger charge is -2.22. The molecule has 2 nitrogen and oxygen atoms in total. The molecule has 21 heavy (non-hydrogen) atoms. The van der Waals surface area contributed by atoms with Gasteiger partial charge in [-0.3, -0.25) is 5.84 Å². The molecule has 0 aromatic heterocycles. The monoisotopic (exact) mass is 366 g/mol. The van der Waals surface area contributed by atoms with Gasteiger partial charge in [-0.05, 0) is 34.2 Å². The molecule has 4 heteroatoms. The molecule has 0 radical (unpaired) electrons. The standard InChI is InChI=1S/C17H20BrClN2/c1-17(2,3)12-6-4-11(5-7-12)16(21-20)14-9-8-13(18)10-15(14)19/h4-10,16,21H,20H2,1-3H3. The summed E-state index contributed by atoms with van der Waals surface area (Å²) in [5, 5.41) is 0.687. The second-order valence-electron chi connectivity index (χ2n) is 6.14. The van der Waals surface area contributed by atoms with Crippen LogP contribution in [0.1, 0.15) is 43.5 Å². The number of halogens is 2. The van der Waals surface area contributed by atoms with Crippen LogP contribution < -0.4 is 11.3 Å². The van der Waals surface area contributed by atoms with E-state index in [-0.39, 0.29) is 11.5 Å². The molecule has 0 fully saturated rings. The lowest BCUT2D eigenvalue weighted by molar-refractivity contribution is 0.588. The number of nitrogens with one attached hydrogen (secondary N) is 1. The summed E-state index contributed by atoms with van der Waals surface area (Å²) in [5.41, 5.74) is 6.34. The third kappa shape index (κ3) is 3.86. The van der Waals surface area contributed by atoms with Crippen molar-refractivity contribution in [2.45, 2.75) is 32.2 Å². The van der Waals surface area contributed by atoms with Gasteiger partial charge in [0.15, 0.2) is 0 Å². The van der Waals surface area contributed by atoms with Gasteiger partial charge in [-0.25, -0.2) is 5.43 Å². The van der Waals surface area contributed by atoms with Crippen LogP contribution in [0.3, 0.4) is 0 Å². The average molecular weight is 368 g/mol. The first-order chi connectivity index (χ1) is 9.82. The van der Waals surface area contributed by atoms with Crippen molar-refractivity contribution in [3.63, 3.8) is 0 Å². The molecule has 0 aliphatic rings. The van der Waals surface area contributed by atoms with Gasteiger partial charge in [-0.1, -0.05) is 78.6 Å². The fourth-order valence-corrected chi connectivity index (χ4v) is 3.06. The molecule has 2 rings (SSSR count). The second kappa shape index (κ2) is 6.49. The Kier molecular flexibility index (Phi) is 5.10. The number of hydrazine groups is 1. The zero-order chi connectivity index (χ0) is 15.6. The minimum atomic E-state index is -0.125. The molecule has 0 saturated heterocycles. The largest absolute Gasteiger partial charge is 0.271 e. The van der Waals surface area contributed by atoms with Crippen molar-refractivity contribution in [1.29, 1.82) is 0 Å². The van der Waals surface area contributed by atoms with Crippen molar-refractivity contribution in [1.82, 2.24) is 5.43 Å². The first kappa shape index (κ1) is 16.5. The molecule has 0 saturated carbocycles. The third-order valence-electron chi connectivity index (χ3n) is 3.55.